The molecule has 1 rings (SSSR count). The smallest absolute Gasteiger partial charge is 0.144 e. The van der Waals surface area contributed by atoms with Gasteiger partial charge in [0.15, 0.2) is 0 Å². The van der Waals surface area contributed by atoms with Crippen molar-refractivity contribution >= 4 is 29.0 Å². The van der Waals surface area contributed by atoms with Crippen molar-refractivity contribution in [2.45, 2.75) is 31.7 Å². The first kappa shape index (κ1) is 11.6. The summed E-state index contributed by atoms with van der Waals surface area (Å²) in [5.41, 5.74) is 0. The van der Waals surface area contributed by atoms with Crippen LogP contribution in [0.15, 0.2) is 18.3 Å². The van der Waals surface area contributed by atoms with E-state index in [0.717, 1.165) is 12.2 Å². The van der Waals surface area contributed by atoms with Gasteiger partial charge in [0.2, 0.25) is 0 Å². The van der Waals surface area contributed by atoms with Gasteiger partial charge in [0.25, 0.3) is 0 Å². The number of nitrogens with one attached hydrogen (secondary N) is 1. The molecule has 0 aliphatic carbocycles. The summed E-state index contributed by atoms with van der Waals surface area (Å²) in [6, 6.07) is 3.89. The summed E-state index contributed by atoms with van der Waals surface area (Å²) in [7, 11) is 0. The summed E-state index contributed by atoms with van der Waals surface area (Å²) in [5.74, 6) is 0.721. The zero-order chi connectivity index (χ0) is 10.6. The lowest BCUT2D eigenvalue weighted by molar-refractivity contribution is 0.693. The van der Waals surface area contributed by atoms with Gasteiger partial charge in [-0.3, -0.25) is 0 Å². The highest BCUT2D eigenvalue weighted by molar-refractivity contribution is 6.32. The molecule has 0 aliphatic heterocycles. The molecule has 14 heavy (non-hydrogen) atoms. The predicted molar refractivity (Wildman–Crippen MR) is 62.3 cm³/mol. The van der Waals surface area contributed by atoms with E-state index in [2.05, 4.69) is 17.2 Å². The van der Waals surface area contributed by atoms with Gasteiger partial charge in [-0.2, -0.15) is 0 Å². The van der Waals surface area contributed by atoms with Crippen LogP contribution < -0.4 is 5.32 Å². The minimum Gasteiger partial charge on any atom is -0.366 e. The molecule has 2 atom stereocenters. The molecule has 0 amide bonds. The zero-order valence-corrected chi connectivity index (χ0v) is 9.81. The quantitative estimate of drug-likeness (QED) is 0.804. The lowest BCUT2D eigenvalue weighted by atomic mass is 10.2. The lowest BCUT2D eigenvalue weighted by Crippen LogP contribution is -2.19. The standard InChI is InChI=1S/C10H14Cl2N2/c1-7(11)6-8(2)14-10-9(12)4-3-5-13-10/h3-5,7-8H,6H2,1-2H3,(H,13,14). The zero-order valence-electron chi connectivity index (χ0n) is 8.30. The molecular weight excluding hydrogens is 219 g/mol. The van der Waals surface area contributed by atoms with Crippen LogP contribution in [-0.2, 0) is 0 Å². The fourth-order valence-electron chi connectivity index (χ4n) is 1.27. The highest BCUT2D eigenvalue weighted by Crippen LogP contribution is 2.19. The van der Waals surface area contributed by atoms with Crippen LogP contribution in [0.4, 0.5) is 5.82 Å². The van der Waals surface area contributed by atoms with Gasteiger partial charge in [0.05, 0.1) is 5.02 Å². The van der Waals surface area contributed by atoms with Crippen LogP contribution in [0.1, 0.15) is 20.3 Å². The molecule has 1 heterocycles. The van der Waals surface area contributed by atoms with E-state index in [1.807, 2.05) is 19.1 Å². The molecule has 0 radical (unpaired) electrons. The number of alkyl halides is 1. The van der Waals surface area contributed by atoms with Gasteiger partial charge in [-0.05, 0) is 32.4 Å². The second-order valence-corrected chi connectivity index (χ2v) is 4.55. The molecule has 0 saturated heterocycles. The second-order valence-electron chi connectivity index (χ2n) is 3.40. The topological polar surface area (TPSA) is 24.9 Å². The minimum absolute atomic E-state index is 0.153. The van der Waals surface area contributed by atoms with Crippen LogP contribution in [0.25, 0.3) is 0 Å². The maximum absolute atomic E-state index is 5.95. The molecule has 0 saturated carbocycles. The van der Waals surface area contributed by atoms with Crippen LogP contribution >= 0.6 is 23.2 Å². The molecule has 78 valence electrons. The number of hydrogen-bond acceptors (Lipinski definition) is 2. The highest BCUT2D eigenvalue weighted by atomic mass is 35.5. The van der Waals surface area contributed by atoms with Crippen molar-refractivity contribution in [2.24, 2.45) is 0 Å². The van der Waals surface area contributed by atoms with Crippen molar-refractivity contribution in [3.8, 4) is 0 Å². The largest absolute Gasteiger partial charge is 0.366 e. The van der Waals surface area contributed by atoms with Crippen molar-refractivity contribution in [2.75, 3.05) is 5.32 Å². The molecule has 2 unspecified atom stereocenters. The van der Waals surface area contributed by atoms with E-state index < -0.39 is 0 Å². The monoisotopic (exact) mass is 232 g/mol. The van der Waals surface area contributed by atoms with Crippen LogP contribution in [0.2, 0.25) is 5.02 Å². The Hall–Kier alpha value is -0.470. The number of pyridine rings is 1. The molecule has 0 bridgehead atoms. The number of hydrogen-bond donors (Lipinski definition) is 1. The van der Waals surface area contributed by atoms with Crippen LogP contribution in [0.3, 0.4) is 0 Å². The first-order valence-corrected chi connectivity index (χ1v) is 5.42. The average Bonchev–Trinajstić information content (AvgIpc) is 2.07. The summed E-state index contributed by atoms with van der Waals surface area (Å²) in [6.45, 7) is 4.03. The summed E-state index contributed by atoms with van der Waals surface area (Å²) in [6.07, 6.45) is 2.60. The van der Waals surface area contributed by atoms with Crippen molar-refractivity contribution in [3.05, 3.63) is 23.4 Å². The Morgan fingerprint density at radius 2 is 2.21 bits per heavy atom. The molecule has 1 aromatic heterocycles. The molecule has 1 N–H and O–H groups in total. The predicted octanol–water partition coefficient (Wildman–Crippen LogP) is 3.55. The summed E-state index contributed by atoms with van der Waals surface area (Å²) >= 11 is 11.8. The number of halogens is 2. The number of anilines is 1. The first-order chi connectivity index (χ1) is 6.59. The van der Waals surface area contributed by atoms with Crippen molar-refractivity contribution in [1.82, 2.24) is 4.98 Å². The Morgan fingerprint density at radius 3 is 2.79 bits per heavy atom. The molecule has 2 nitrogen and oxygen atoms in total. The van der Waals surface area contributed by atoms with Gasteiger partial charge in [0.1, 0.15) is 5.82 Å². The van der Waals surface area contributed by atoms with Crippen molar-refractivity contribution in [1.29, 1.82) is 0 Å². The van der Waals surface area contributed by atoms with Crippen LogP contribution in [0, 0.1) is 0 Å². The normalized spacial score (nSPS) is 14.9. The van der Waals surface area contributed by atoms with Gasteiger partial charge in [0, 0.05) is 17.6 Å². The van der Waals surface area contributed by atoms with Gasteiger partial charge in [-0.15, -0.1) is 11.6 Å². The Kier molecular flexibility index (Phi) is 4.49. The molecule has 0 aliphatic rings. The van der Waals surface area contributed by atoms with E-state index in [0.29, 0.717) is 5.02 Å². The van der Waals surface area contributed by atoms with E-state index in [9.17, 15) is 0 Å². The minimum atomic E-state index is 0.153. The van der Waals surface area contributed by atoms with Gasteiger partial charge in [-0.25, -0.2) is 4.98 Å². The third kappa shape index (κ3) is 3.72. The number of rotatable bonds is 4. The number of nitrogens with zero attached hydrogens (tertiary/aromatic N) is 1. The first-order valence-electron chi connectivity index (χ1n) is 4.60. The molecule has 1 aromatic rings. The maximum Gasteiger partial charge on any atom is 0.144 e. The fraction of sp³-hybridized carbons (Fsp3) is 0.500. The Morgan fingerprint density at radius 1 is 1.50 bits per heavy atom. The van der Waals surface area contributed by atoms with Crippen molar-refractivity contribution in [3.63, 3.8) is 0 Å². The fourth-order valence-corrected chi connectivity index (χ4v) is 1.71. The molecule has 4 heteroatoms. The van der Waals surface area contributed by atoms with E-state index in [1.165, 1.54) is 0 Å². The maximum atomic E-state index is 5.95. The molecular formula is C10H14Cl2N2. The molecule has 0 aromatic carbocycles. The van der Waals surface area contributed by atoms with Gasteiger partial charge >= 0.3 is 0 Å². The van der Waals surface area contributed by atoms with Crippen LogP contribution in [0.5, 0.6) is 0 Å². The third-order valence-electron chi connectivity index (χ3n) is 1.82. The van der Waals surface area contributed by atoms with Crippen LogP contribution in [-0.4, -0.2) is 16.4 Å². The lowest BCUT2D eigenvalue weighted by Gasteiger charge is -2.16. The van der Waals surface area contributed by atoms with Crippen molar-refractivity contribution < 1.29 is 0 Å². The average molecular weight is 233 g/mol. The second kappa shape index (κ2) is 5.42. The van der Waals surface area contributed by atoms with Gasteiger partial charge < -0.3 is 5.32 Å². The van der Waals surface area contributed by atoms with E-state index in [1.54, 1.807) is 6.20 Å². The van der Waals surface area contributed by atoms with E-state index in [4.69, 9.17) is 23.2 Å². The molecule has 0 fully saturated rings. The van der Waals surface area contributed by atoms with Gasteiger partial charge in [-0.1, -0.05) is 11.6 Å². The van der Waals surface area contributed by atoms with E-state index in [-0.39, 0.29) is 11.4 Å². The Balaban J connectivity index is 2.56. The summed E-state index contributed by atoms with van der Waals surface area (Å²) in [4.78, 5) is 4.14. The molecule has 0 spiro atoms. The SMILES string of the molecule is CC(Cl)CC(C)Nc1ncccc1Cl. The Labute approximate surface area is 94.6 Å². The van der Waals surface area contributed by atoms with E-state index >= 15 is 0 Å². The third-order valence-corrected chi connectivity index (χ3v) is 2.30. The number of aromatic nitrogens is 1. The summed E-state index contributed by atoms with van der Waals surface area (Å²) in [5, 5.41) is 4.01. The Bertz CT molecular complexity index is 289. The summed E-state index contributed by atoms with van der Waals surface area (Å²) < 4.78 is 0. The highest BCUT2D eigenvalue weighted by Gasteiger charge is 2.08.